The molecule has 3 amide bonds. The van der Waals surface area contributed by atoms with Crippen molar-refractivity contribution in [1.29, 1.82) is 0 Å². The van der Waals surface area contributed by atoms with Crippen LogP contribution in [-0.2, 0) is 14.8 Å². The molecule has 0 spiro atoms. The number of nitrogens with one attached hydrogen (secondary N) is 2. The molecule has 1 fully saturated rings. The summed E-state index contributed by atoms with van der Waals surface area (Å²) in [4.78, 5) is 24.4. The molecule has 0 unspecified atom stereocenters. The summed E-state index contributed by atoms with van der Waals surface area (Å²) in [7, 11) is -2.39. The Hall–Kier alpha value is -1.75. The summed E-state index contributed by atoms with van der Waals surface area (Å²) in [6, 6.07) is 2.66. The van der Waals surface area contributed by atoms with Crippen LogP contribution in [0.25, 0.3) is 0 Å². The SMILES string of the molecule is CNC(=O)NC(=O)CN1CCN(S(=O)(=O)c2ccc(F)c(Cl)c2)CC1. The Morgan fingerprint density at radius 1 is 1.24 bits per heavy atom. The van der Waals surface area contributed by atoms with Crippen molar-refractivity contribution in [3.05, 3.63) is 29.0 Å². The molecular formula is C14H18ClFN4O4S. The molecule has 1 aliphatic heterocycles. The van der Waals surface area contributed by atoms with Crippen molar-refractivity contribution in [3.8, 4) is 0 Å². The molecule has 1 aromatic carbocycles. The fourth-order valence-corrected chi connectivity index (χ4v) is 4.04. The lowest BCUT2D eigenvalue weighted by Gasteiger charge is -2.33. The number of hydrogen-bond donors (Lipinski definition) is 2. The first-order valence-electron chi connectivity index (χ1n) is 7.43. The van der Waals surface area contributed by atoms with E-state index >= 15 is 0 Å². The van der Waals surface area contributed by atoms with Crippen LogP contribution in [0, 0.1) is 5.82 Å². The Balaban J connectivity index is 1.95. The quantitative estimate of drug-likeness (QED) is 0.764. The number of halogens is 2. The average Bonchev–Trinajstić information content (AvgIpc) is 2.57. The largest absolute Gasteiger partial charge is 0.341 e. The number of nitrogens with zero attached hydrogens (tertiary/aromatic N) is 2. The number of carbonyl (C=O) groups is 2. The zero-order valence-corrected chi connectivity index (χ0v) is 15.0. The van der Waals surface area contributed by atoms with Crippen LogP contribution in [0.3, 0.4) is 0 Å². The molecule has 0 atom stereocenters. The molecular weight excluding hydrogens is 375 g/mol. The van der Waals surface area contributed by atoms with E-state index in [0.29, 0.717) is 13.1 Å². The second-order valence-corrected chi connectivity index (χ2v) is 7.73. The molecule has 0 aromatic heterocycles. The number of amides is 3. The van der Waals surface area contributed by atoms with E-state index in [1.54, 1.807) is 4.90 Å². The van der Waals surface area contributed by atoms with E-state index in [-0.39, 0.29) is 29.6 Å². The summed E-state index contributed by atoms with van der Waals surface area (Å²) in [5.41, 5.74) is 0. The molecule has 1 aromatic rings. The Kier molecular flexibility index (Phi) is 6.33. The lowest BCUT2D eigenvalue weighted by molar-refractivity contribution is -0.121. The van der Waals surface area contributed by atoms with Crippen LogP contribution in [0.2, 0.25) is 5.02 Å². The second-order valence-electron chi connectivity index (χ2n) is 5.38. The zero-order chi connectivity index (χ0) is 18.6. The van der Waals surface area contributed by atoms with Crippen LogP contribution in [0.5, 0.6) is 0 Å². The molecule has 0 radical (unpaired) electrons. The molecule has 1 aliphatic rings. The molecule has 11 heteroatoms. The highest BCUT2D eigenvalue weighted by Crippen LogP contribution is 2.23. The molecule has 1 saturated heterocycles. The third-order valence-electron chi connectivity index (χ3n) is 3.71. The lowest BCUT2D eigenvalue weighted by Crippen LogP contribution is -2.52. The summed E-state index contributed by atoms with van der Waals surface area (Å²) in [6.45, 7) is 0.990. The second kappa shape index (κ2) is 8.09. The van der Waals surface area contributed by atoms with Crippen LogP contribution in [-0.4, -0.2) is 69.3 Å². The maximum atomic E-state index is 13.2. The van der Waals surface area contributed by atoms with Gasteiger partial charge >= 0.3 is 6.03 Å². The molecule has 1 heterocycles. The monoisotopic (exact) mass is 392 g/mol. The molecule has 138 valence electrons. The first-order valence-corrected chi connectivity index (χ1v) is 9.25. The number of hydrogen-bond acceptors (Lipinski definition) is 5. The highest BCUT2D eigenvalue weighted by molar-refractivity contribution is 7.89. The number of rotatable bonds is 4. The van der Waals surface area contributed by atoms with Gasteiger partial charge in [-0.25, -0.2) is 17.6 Å². The van der Waals surface area contributed by atoms with Gasteiger partial charge in [0.1, 0.15) is 5.82 Å². The van der Waals surface area contributed by atoms with Crippen LogP contribution < -0.4 is 10.6 Å². The van der Waals surface area contributed by atoms with Gasteiger partial charge in [-0.15, -0.1) is 0 Å². The number of urea groups is 1. The van der Waals surface area contributed by atoms with E-state index in [0.717, 1.165) is 12.1 Å². The molecule has 2 N–H and O–H groups in total. The van der Waals surface area contributed by atoms with Crippen LogP contribution in [0.1, 0.15) is 0 Å². The van der Waals surface area contributed by atoms with Crippen LogP contribution >= 0.6 is 11.6 Å². The van der Waals surface area contributed by atoms with Crippen LogP contribution in [0.15, 0.2) is 23.1 Å². The first kappa shape index (κ1) is 19.6. The van der Waals surface area contributed by atoms with Crippen molar-refractivity contribution < 1.29 is 22.4 Å². The topological polar surface area (TPSA) is 98.8 Å². The van der Waals surface area contributed by atoms with E-state index in [4.69, 9.17) is 11.6 Å². The Labute approximate surface area is 150 Å². The van der Waals surface area contributed by atoms with E-state index in [1.165, 1.54) is 17.4 Å². The zero-order valence-electron chi connectivity index (χ0n) is 13.5. The number of benzene rings is 1. The van der Waals surface area contributed by atoms with Crippen molar-refractivity contribution in [2.24, 2.45) is 0 Å². The van der Waals surface area contributed by atoms with Crippen molar-refractivity contribution >= 4 is 33.6 Å². The van der Waals surface area contributed by atoms with E-state index < -0.39 is 27.8 Å². The Bertz CT molecular complexity index is 766. The standard InChI is InChI=1S/C14H18ClFN4O4S/c1-17-14(22)18-13(21)9-19-4-6-20(7-5-19)25(23,24)10-2-3-12(16)11(15)8-10/h2-3,8H,4-7,9H2,1H3,(H2,17,18,21,22). The van der Waals surface area contributed by atoms with Gasteiger partial charge in [0, 0.05) is 33.2 Å². The van der Waals surface area contributed by atoms with Crippen molar-refractivity contribution in [3.63, 3.8) is 0 Å². The van der Waals surface area contributed by atoms with Gasteiger partial charge in [-0.1, -0.05) is 11.6 Å². The minimum Gasteiger partial charge on any atom is -0.341 e. The average molecular weight is 393 g/mol. The Morgan fingerprint density at radius 2 is 1.88 bits per heavy atom. The normalized spacial score (nSPS) is 16.4. The summed E-state index contributed by atoms with van der Waals surface area (Å²) < 4.78 is 39.6. The summed E-state index contributed by atoms with van der Waals surface area (Å²) >= 11 is 5.65. The minimum atomic E-state index is -3.79. The summed E-state index contributed by atoms with van der Waals surface area (Å²) in [5.74, 6) is -1.16. The van der Waals surface area contributed by atoms with Crippen LogP contribution in [0.4, 0.5) is 9.18 Å². The maximum absolute atomic E-state index is 13.2. The number of carbonyl (C=O) groups excluding carboxylic acids is 2. The molecule has 0 saturated carbocycles. The van der Waals surface area contributed by atoms with E-state index in [2.05, 4.69) is 10.6 Å². The van der Waals surface area contributed by atoms with Gasteiger partial charge in [-0.05, 0) is 18.2 Å². The molecule has 0 aliphatic carbocycles. The van der Waals surface area contributed by atoms with E-state index in [1.807, 2.05) is 0 Å². The van der Waals surface area contributed by atoms with Gasteiger partial charge in [0.25, 0.3) is 0 Å². The summed E-state index contributed by atoms with van der Waals surface area (Å²) in [6.07, 6.45) is 0. The van der Waals surface area contributed by atoms with Gasteiger partial charge < -0.3 is 5.32 Å². The van der Waals surface area contributed by atoms with E-state index in [9.17, 15) is 22.4 Å². The van der Waals surface area contributed by atoms with Crippen molar-refractivity contribution in [2.75, 3.05) is 39.8 Å². The van der Waals surface area contributed by atoms with Gasteiger partial charge in [0.2, 0.25) is 15.9 Å². The van der Waals surface area contributed by atoms with Gasteiger partial charge in [-0.2, -0.15) is 4.31 Å². The van der Waals surface area contributed by atoms with Gasteiger partial charge in [-0.3, -0.25) is 15.0 Å². The predicted molar refractivity (Wildman–Crippen MR) is 89.2 cm³/mol. The summed E-state index contributed by atoms with van der Waals surface area (Å²) in [5, 5.41) is 4.16. The van der Waals surface area contributed by atoms with Gasteiger partial charge in [0.15, 0.2) is 0 Å². The van der Waals surface area contributed by atoms with Crippen molar-refractivity contribution in [1.82, 2.24) is 19.8 Å². The lowest BCUT2D eigenvalue weighted by atomic mass is 10.3. The predicted octanol–water partition coefficient (Wildman–Crippen LogP) is 0.241. The molecule has 0 bridgehead atoms. The minimum absolute atomic E-state index is 0.0102. The number of sulfonamides is 1. The first-order chi connectivity index (χ1) is 11.7. The fraction of sp³-hybridized carbons (Fsp3) is 0.429. The third kappa shape index (κ3) is 4.88. The molecule has 2 rings (SSSR count). The number of imide groups is 1. The molecule has 8 nitrogen and oxygen atoms in total. The fourth-order valence-electron chi connectivity index (χ4n) is 2.35. The third-order valence-corrected chi connectivity index (χ3v) is 5.89. The highest BCUT2D eigenvalue weighted by Gasteiger charge is 2.29. The number of piperazine rings is 1. The Morgan fingerprint density at radius 3 is 2.44 bits per heavy atom. The highest BCUT2D eigenvalue weighted by atomic mass is 35.5. The van der Waals surface area contributed by atoms with Crippen molar-refractivity contribution in [2.45, 2.75) is 4.90 Å². The smallest absolute Gasteiger partial charge is 0.321 e. The van der Waals surface area contributed by atoms with Gasteiger partial charge in [0.05, 0.1) is 16.5 Å². The molecule has 25 heavy (non-hydrogen) atoms. The maximum Gasteiger partial charge on any atom is 0.321 e.